The Bertz CT molecular complexity index is 282. The van der Waals surface area contributed by atoms with Crippen molar-refractivity contribution in [3.63, 3.8) is 0 Å². The van der Waals surface area contributed by atoms with E-state index in [1.165, 1.54) is 71.0 Å². The summed E-state index contributed by atoms with van der Waals surface area (Å²) in [6.45, 7) is 4.82. The lowest BCUT2D eigenvalue weighted by molar-refractivity contribution is -0.0462. The van der Waals surface area contributed by atoms with Crippen LogP contribution >= 0.6 is 0 Å². The van der Waals surface area contributed by atoms with Crippen LogP contribution in [0.4, 0.5) is 0 Å². The van der Waals surface area contributed by atoms with E-state index in [9.17, 15) is 0 Å². The van der Waals surface area contributed by atoms with E-state index in [4.69, 9.17) is 4.74 Å². The van der Waals surface area contributed by atoms with E-state index in [0.717, 1.165) is 12.5 Å². The van der Waals surface area contributed by atoms with Crippen molar-refractivity contribution < 1.29 is 4.74 Å². The fourth-order valence-corrected chi connectivity index (χ4v) is 4.34. The molecule has 2 aliphatic heterocycles. The van der Waals surface area contributed by atoms with Crippen LogP contribution in [0.3, 0.4) is 0 Å². The van der Waals surface area contributed by atoms with Crippen molar-refractivity contribution in [2.24, 2.45) is 5.92 Å². The van der Waals surface area contributed by atoms with Crippen LogP contribution in [0.5, 0.6) is 0 Å². The van der Waals surface area contributed by atoms with Crippen LogP contribution in [-0.2, 0) is 4.74 Å². The van der Waals surface area contributed by atoms with Gasteiger partial charge in [0.15, 0.2) is 0 Å². The summed E-state index contributed by atoms with van der Waals surface area (Å²) in [5, 5.41) is 3.45. The predicted molar refractivity (Wildman–Crippen MR) is 78.4 cm³/mol. The van der Waals surface area contributed by atoms with Gasteiger partial charge >= 0.3 is 0 Å². The molecule has 1 spiro atoms. The van der Waals surface area contributed by atoms with Gasteiger partial charge in [0.2, 0.25) is 0 Å². The van der Waals surface area contributed by atoms with E-state index in [-0.39, 0.29) is 0 Å². The van der Waals surface area contributed by atoms with Crippen LogP contribution in [0.2, 0.25) is 0 Å². The second kappa shape index (κ2) is 6.11. The summed E-state index contributed by atoms with van der Waals surface area (Å²) in [7, 11) is 2.28. The van der Waals surface area contributed by atoms with Gasteiger partial charge in [0, 0.05) is 13.1 Å². The third-order valence-electron chi connectivity index (χ3n) is 5.40. The molecule has 3 aliphatic rings. The minimum Gasteiger partial charge on any atom is -0.370 e. The van der Waals surface area contributed by atoms with Gasteiger partial charge in [-0.3, -0.25) is 0 Å². The van der Waals surface area contributed by atoms with Gasteiger partial charge in [-0.05, 0) is 64.6 Å². The second-order valence-corrected chi connectivity index (χ2v) is 7.08. The Labute approximate surface area is 118 Å². The molecule has 0 bridgehead atoms. The maximum Gasteiger partial charge on any atom is 0.0710 e. The van der Waals surface area contributed by atoms with Gasteiger partial charge in [-0.2, -0.15) is 0 Å². The highest BCUT2D eigenvalue weighted by atomic mass is 16.5. The quantitative estimate of drug-likeness (QED) is 0.846. The van der Waals surface area contributed by atoms with Crippen LogP contribution in [-0.4, -0.2) is 49.8 Å². The summed E-state index contributed by atoms with van der Waals surface area (Å²) in [4.78, 5) is 2.52. The van der Waals surface area contributed by atoms with Crippen LogP contribution < -0.4 is 5.32 Å². The second-order valence-electron chi connectivity index (χ2n) is 7.08. The maximum atomic E-state index is 6.42. The van der Waals surface area contributed by atoms with Crippen molar-refractivity contribution in [1.29, 1.82) is 0 Å². The fourth-order valence-electron chi connectivity index (χ4n) is 4.34. The van der Waals surface area contributed by atoms with Crippen molar-refractivity contribution in [1.82, 2.24) is 10.2 Å². The average molecular weight is 266 g/mol. The summed E-state index contributed by atoms with van der Waals surface area (Å²) in [5.41, 5.74) is 0.306. The highest BCUT2D eigenvalue weighted by molar-refractivity contribution is 4.93. The Hall–Kier alpha value is -0.120. The zero-order valence-corrected chi connectivity index (χ0v) is 12.5. The lowest BCUT2D eigenvalue weighted by Crippen LogP contribution is -2.38. The van der Waals surface area contributed by atoms with Gasteiger partial charge in [0.25, 0.3) is 0 Å². The molecule has 1 unspecified atom stereocenters. The molecule has 2 saturated heterocycles. The first kappa shape index (κ1) is 13.8. The van der Waals surface area contributed by atoms with Crippen LogP contribution in [0.15, 0.2) is 0 Å². The van der Waals surface area contributed by atoms with Crippen molar-refractivity contribution in [2.75, 3.05) is 33.2 Å². The lowest BCUT2D eigenvalue weighted by atomic mass is 9.97. The molecule has 3 fully saturated rings. The van der Waals surface area contributed by atoms with E-state index >= 15 is 0 Å². The van der Waals surface area contributed by atoms with E-state index in [0.29, 0.717) is 11.7 Å². The molecular formula is C16H30N2O. The van der Waals surface area contributed by atoms with Crippen molar-refractivity contribution in [3.05, 3.63) is 0 Å². The number of nitrogens with one attached hydrogen (secondary N) is 1. The molecule has 19 heavy (non-hydrogen) atoms. The largest absolute Gasteiger partial charge is 0.370 e. The lowest BCUT2D eigenvalue weighted by Gasteiger charge is -2.30. The fraction of sp³-hybridized carbons (Fsp3) is 1.00. The van der Waals surface area contributed by atoms with E-state index in [1.807, 2.05) is 0 Å². The van der Waals surface area contributed by atoms with Crippen LogP contribution in [0.25, 0.3) is 0 Å². The summed E-state index contributed by atoms with van der Waals surface area (Å²) in [5.74, 6) is 0.896. The maximum absolute atomic E-state index is 6.42. The topological polar surface area (TPSA) is 24.5 Å². The van der Waals surface area contributed by atoms with E-state index < -0.39 is 0 Å². The minimum atomic E-state index is 0.306. The van der Waals surface area contributed by atoms with Crippen LogP contribution in [0, 0.1) is 5.92 Å². The standard InChI is InChI=1S/C16H30N2O/c1-18(12-14-5-10-17-11-6-14)13-15-4-9-16(19-15)7-2-3-8-16/h14-15,17H,2-13H2,1H3. The van der Waals surface area contributed by atoms with Gasteiger partial charge in [-0.25, -0.2) is 0 Å². The number of rotatable bonds is 4. The smallest absolute Gasteiger partial charge is 0.0710 e. The zero-order valence-electron chi connectivity index (χ0n) is 12.5. The highest BCUT2D eigenvalue weighted by Gasteiger charge is 2.42. The summed E-state index contributed by atoms with van der Waals surface area (Å²) < 4.78 is 6.42. The van der Waals surface area contributed by atoms with E-state index in [1.54, 1.807) is 0 Å². The third kappa shape index (κ3) is 3.50. The van der Waals surface area contributed by atoms with Gasteiger partial charge in [-0.15, -0.1) is 0 Å². The number of likely N-dealkylation sites (N-methyl/N-ethyl adjacent to an activating group) is 1. The molecule has 2 heterocycles. The monoisotopic (exact) mass is 266 g/mol. The molecule has 110 valence electrons. The molecule has 1 atom stereocenters. The Morgan fingerprint density at radius 3 is 2.53 bits per heavy atom. The molecule has 0 aromatic rings. The molecule has 0 aromatic carbocycles. The molecule has 3 rings (SSSR count). The first-order valence-corrected chi connectivity index (χ1v) is 8.33. The molecule has 3 nitrogen and oxygen atoms in total. The number of piperidine rings is 1. The molecule has 0 radical (unpaired) electrons. The SMILES string of the molecule is CN(CC1CCNCC1)CC1CCC2(CCCC2)O1. The molecule has 1 saturated carbocycles. The summed E-state index contributed by atoms with van der Waals surface area (Å²) >= 11 is 0. The normalized spacial score (nSPS) is 31.6. The molecule has 0 aromatic heterocycles. The Morgan fingerprint density at radius 2 is 1.79 bits per heavy atom. The molecule has 1 aliphatic carbocycles. The minimum absolute atomic E-state index is 0.306. The first-order valence-electron chi connectivity index (χ1n) is 8.33. The van der Waals surface area contributed by atoms with Gasteiger partial charge in [-0.1, -0.05) is 12.8 Å². The molecule has 3 heteroatoms. The predicted octanol–water partition coefficient (Wildman–Crippen LogP) is 2.41. The summed E-state index contributed by atoms with van der Waals surface area (Å²) in [6.07, 6.45) is 11.2. The van der Waals surface area contributed by atoms with Gasteiger partial charge < -0.3 is 15.0 Å². The molecule has 1 N–H and O–H groups in total. The van der Waals surface area contributed by atoms with Crippen molar-refractivity contribution in [2.45, 2.75) is 63.1 Å². The highest BCUT2D eigenvalue weighted by Crippen LogP contribution is 2.43. The number of ether oxygens (including phenoxy) is 1. The number of hydrogen-bond acceptors (Lipinski definition) is 3. The van der Waals surface area contributed by atoms with Crippen molar-refractivity contribution >= 4 is 0 Å². The Balaban J connectivity index is 1.41. The first-order chi connectivity index (χ1) is 9.26. The Kier molecular flexibility index (Phi) is 4.45. The molecular weight excluding hydrogens is 236 g/mol. The zero-order chi connectivity index (χ0) is 13.1. The third-order valence-corrected chi connectivity index (χ3v) is 5.40. The van der Waals surface area contributed by atoms with Crippen molar-refractivity contribution in [3.8, 4) is 0 Å². The van der Waals surface area contributed by atoms with Gasteiger partial charge in [0.05, 0.1) is 11.7 Å². The number of nitrogens with zero attached hydrogens (tertiary/aromatic N) is 1. The summed E-state index contributed by atoms with van der Waals surface area (Å²) in [6, 6.07) is 0. The van der Waals surface area contributed by atoms with Gasteiger partial charge in [0.1, 0.15) is 0 Å². The molecule has 0 amide bonds. The van der Waals surface area contributed by atoms with E-state index in [2.05, 4.69) is 17.3 Å². The Morgan fingerprint density at radius 1 is 1.05 bits per heavy atom. The average Bonchev–Trinajstić information content (AvgIpc) is 3.02. The van der Waals surface area contributed by atoms with Crippen LogP contribution in [0.1, 0.15) is 51.4 Å². The number of hydrogen-bond donors (Lipinski definition) is 1.